The van der Waals surface area contributed by atoms with Gasteiger partial charge in [-0.2, -0.15) is 0 Å². The third kappa shape index (κ3) is 5.99. The van der Waals surface area contributed by atoms with Crippen molar-refractivity contribution in [3.05, 3.63) is 23.8 Å². The summed E-state index contributed by atoms with van der Waals surface area (Å²) >= 11 is 1.41. The predicted molar refractivity (Wildman–Crippen MR) is 116 cm³/mol. The minimum Gasteiger partial charge on any atom is -0.495 e. The first-order chi connectivity index (χ1) is 13.5. The summed E-state index contributed by atoms with van der Waals surface area (Å²) in [6.45, 7) is 7.55. The molecule has 1 aromatic carbocycles. The molecule has 2 rings (SSSR count). The SMILES string of the molecule is CCCCN=C1SC(CC(=O)Nc2cc(C)ccc2OC)C(=O)N1CCCC. The van der Waals surface area contributed by atoms with E-state index in [0.717, 1.165) is 36.4 Å². The monoisotopic (exact) mass is 405 g/mol. The van der Waals surface area contributed by atoms with Gasteiger partial charge in [0.15, 0.2) is 5.17 Å². The summed E-state index contributed by atoms with van der Waals surface area (Å²) in [5.41, 5.74) is 1.65. The predicted octanol–water partition coefficient (Wildman–Crippen LogP) is 4.23. The molecule has 1 saturated heterocycles. The van der Waals surface area contributed by atoms with Gasteiger partial charge in [-0.25, -0.2) is 0 Å². The van der Waals surface area contributed by atoms with Gasteiger partial charge in [-0.3, -0.25) is 19.5 Å². The lowest BCUT2D eigenvalue weighted by Gasteiger charge is -2.16. The molecule has 1 heterocycles. The third-order valence-corrected chi connectivity index (χ3v) is 5.73. The van der Waals surface area contributed by atoms with Gasteiger partial charge < -0.3 is 10.1 Å². The maximum absolute atomic E-state index is 12.8. The molecule has 0 radical (unpaired) electrons. The summed E-state index contributed by atoms with van der Waals surface area (Å²) < 4.78 is 5.31. The van der Waals surface area contributed by atoms with Crippen LogP contribution in [0.25, 0.3) is 0 Å². The van der Waals surface area contributed by atoms with Gasteiger partial charge in [-0.15, -0.1) is 0 Å². The van der Waals surface area contributed by atoms with Crippen molar-refractivity contribution in [2.24, 2.45) is 4.99 Å². The highest BCUT2D eigenvalue weighted by Gasteiger charge is 2.38. The number of hydrogen-bond acceptors (Lipinski definition) is 5. The normalized spacial score (nSPS) is 18.0. The molecule has 1 N–H and O–H groups in total. The number of carbonyl (C=O) groups is 2. The van der Waals surface area contributed by atoms with Crippen LogP contribution in [0.15, 0.2) is 23.2 Å². The number of methoxy groups -OCH3 is 1. The van der Waals surface area contributed by atoms with E-state index >= 15 is 0 Å². The molecular weight excluding hydrogens is 374 g/mol. The highest BCUT2D eigenvalue weighted by molar-refractivity contribution is 8.15. The van der Waals surface area contributed by atoms with Crippen LogP contribution < -0.4 is 10.1 Å². The van der Waals surface area contributed by atoms with E-state index in [1.54, 1.807) is 12.0 Å². The van der Waals surface area contributed by atoms with Crippen LogP contribution in [-0.2, 0) is 9.59 Å². The van der Waals surface area contributed by atoms with Gasteiger partial charge in [0.05, 0.1) is 12.8 Å². The Morgan fingerprint density at radius 3 is 2.71 bits per heavy atom. The zero-order chi connectivity index (χ0) is 20.5. The smallest absolute Gasteiger partial charge is 0.242 e. The van der Waals surface area contributed by atoms with E-state index in [1.165, 1.54) is 11.8 Å². The molecule has 0 aliphatic carbocycles. The van der Waals surface area contributed by atoms with E-state index in [0.29, 0.717) is 24.5 Å². The largest absolute Gasteiger partial charge is 0.495 e. The number of anilines is 1. The number of nitrogens with one attached hydrogen (secondary N) is 1. The number of carbonyl (C=O) groups excluding carboxylic acids is 2. The molecule has 7 heteroatoms. The fourth-order valence-electron chi connectivity index (χ4n) is 2.90. The van der Waals surface area contributed by atoms with Crippen LogP contribution in [0.2, 0.25) is 0 Å². The van der Waals surface area contributed by atoms with Gasteiger partial charge >= 0.3 is 0 Å². The lowest BCUT2D eigenvalue weighted by Crippen LogP contribution is -2.34. The molecule has 1 aromatic rings. The maximum Gasteiger partial charge on any atom is 0.242 e. The summed E-state index contributed by atoms with van der Waals surface area (Å²) in [5, 5.41) is 3.23. The minimum absolute atomic E-state index is 0.0138. The van der Waals surface area contributed by atoms with Gasteiger partial charge in [0.2, 0.25) is 11.8 Å². The molecule has 6 nitrogen and oxygen atoms in total. The average Bonchev–Trinajstić information content (AvgIpc) is 2.95. The van der Waals surface area contributed by atoms with E-state index in [1.807, 2.05) is 25.1 Å². The number of rotatable bonds is 10. The van der Waals surface area contributed by atoms with Gasteiger partial charge in [0.1, 0.15) is 11.0 Å². The Hall–Kier alpha value is -2.02. The van der Waals surface area contributed by atoms with Crippen molar-refractivity contribution in [1.82, 2.24) is 4.90 Å². The highest BCUT2D eigenvalue weighted by atomic mass is 32.2. The lowest BCUT2D eigenvalue weighted by atomic mass is 10.2. The zero-order valence-electron chi connectivity index (χ0n) is 17.3. The first-order valence-electron chi connectivity index (χ1n) is 9.97. The van der Waals surface area contributed by atoms with E-state index < -0.39 is 5.25 Å². The van der Waals surface area contributed by atoms with Crippen LogP contribution in [0.4, 0.5) is 5.69 Å². The Kier molecular flexibility index (Phi) is 8.83. The van der Waals surface area contributed by atoms with Crippen molar-refractivity contribution in [2.45, 2.75) is 58.1 Å². The highest BCUT2D eigenvalue weighted by Crippen LogP contribution is 2.31. The summed E-state index contributed by atoms with van der Waals surface area (Å²) in [6, 6.07) is 5.62. The molecule has 1 unspecified atom stereocenters. The fraction of sp³-hybridized carbons (Fsp3) is 0.571. The van der Waals surface area contributed by atoms with Crippen molar-refractivity contribution in [1.29, 1.82) is 0 Å². The van der Waals surface area contributed by atoms with Crippen molar-refractivity contribution in [3.8, 4) is 5.75 Å². The fourth-order valence-corrected chi connectivity index (χ4v) is 4.10. The van der Waals surface area contributed by atoms with E-state index in [2.05, 4.69) is 24.2 Å². The second kappa shape index (κ2) is 11.1. The molecule has 1 fully saturated rings. The Balaban J connectivity index is 2.06. The van der Waals surface area contributed by atoms with Crippen molar-refractivity contribution in [2.75, 3.05) is 25.5 Å². The van der Waals surface area contributed by atoms with Crippen LogP contribution >= 0.6 is 11.8 Å². The van der Waals surface area contributed by atoms with E-state index in [4.69, 9.17) is 4.74 Å². The average molecular weight is 406 g/mol. The minimum atomic E-state index is -0.423. The number of benzene rings is 1. The molecule has 2 amide bonds. The Labute approximate surface area is 172 Å². The van der Waals surface area contributed by atoms with Gasteiger partial charge in [-0.05, 0) is 37.5 Å². The van der Waals surface area contributed by atoms with Gasteiger partial charge in [0.25, 0.3) is 0 Å². The molecule has 154 valence electrons. The topological polar surface area (TPSA) is 71.0 Å². The molecule has 1 aliphatic rings. The molecule has 0 aromatic heterocycles. The first-order valence-corrected chi connectivity index (χ1v) is 10.8. The number of nitrogens with zero attached hydrogens (tertiary/aromatic N) is 2. The van der Waals surface area contributed by atoms with Crippen molar-refractivity contribution < 1.29 is 14.3 Å². The number of hydrogen-bond donors (Lipinski definition) is 1. The molecule has 1 atom stereocenters. The number of aryl methyl sites for hydroxylation is 1. The Morgan fingerprint density at radius 2 is 2.04 bits per heavy atom. The Morgan fingerprint density at radius 1 is 1.29 bits per heavy atom. The molecule has 1 aliphatic heterocycles. The van der Waals surface area contributed by atoms with E-state index in [9.17, 15) is 9.59 Å². The third-order valence-electron chi connectivity index (χ3n) is 4.51. The number of aliphatic imine (C=N–C) groups is 1. The van der Waals surface area contributed by atoms with Crippen LogP contribution in [0.3, 0.4) is 0 Å². The summed E-state index contributed by atoms with van der Waals surface area (Å²) in [7, 11) is 1.57. The van der Waals surface area contributed by atoms with Crippen molar-refractivity contribution in [3.63, 3.8) is 0 Å². The summed E-state index contributed by atoms with van der Waals surface area (Å²) in [6.07, 6.45) is 4.12. The maximum atomic E-state index is 12.8. The number of unbranched alkanes of at least 4 members (excludes halogenated alkanes) is 2. The van der Waals surface area contributed by atoms with Crippen LogP contribution in [0.5, 0.6) is 5.75 Å². The van der Waals surface area contributed by atoms with Crippen molar-refractivity contribution >= 4 is 34.4 Å². The van der Waals surface area contributed by atoms with Gasteiger partial charge in [-0.1, -0.05) is 44.5 Å². The number of amidine groups is 1. The number of amides is 2. The second-order valence-electron chi connectivity index (χ2n) is 6.92. The molecule has 0 saturated carbocycles. The molecular formula is C21H31N3O3S. The van der Waals surface area contributed by atoms with Crippen LogP contribution in [-0.4, -0.2) is 47.3 Å². The van der Waals surface area contributed by atoms with Gasteiger partial charge in [0, 0.05) is 19.5 Å². The zero-order valence-corrected chi connectivity index (χ0v) is 18.1. The lowest BCUT2D eigenvalue weighted by molar-refractivity contribution is -0.128. The standard InChI is InChI=1S/C21H31N3O3S/c1-5-7-11-22-21-24(12-8-6-2)20(26)18(28-21)14-19(25)23-16-13-15(3)9-10-17(16)27-4/h9-10,13,18H,5-8,11-12,14H2,1-4H3,(H,23,25). The van der Waals surface area contributed by atoms with Crippen LogP contribution in [0.1, 0.15) is 51.5 Å². The van der Waals surface area contributed by atoms with E-state index in [-0.39, 0.29) is 18.2 Å². The van der Waals surface area contributed by atoms with Crippen LogP contribution in [0, 0.1) is 6.92 Å². The summed E-state index contributed by atoms with van der Waals surface area (Å²) in [5.74, 6) is 0.399. The quantitative estimate of drug-likeness (QED) is 0.591. The number of ether oxygens (including phenoxy) is 1. The number of thioether (sulfide) groups is 1. The molecule has 28 heavy (non-hydrogen) atoms. The Bertz CT molecular complexity index is 721. The first kappa shape index (κ1) is 22.3. The second-order valence-corrected chi connectivity index (χ2v) is 8.09. The molecule has 0 bridgehead atoms. The summed E-state index contributed by atoms with van der Waals surface area (Å²) in [4.78, 5) is 31.8. The molecule has 0 spiro atoms.